The van der Waals surface area contributed by atoms with E-state index < -0.39 is 0 Å². The third-order valence-electron chi connectivity index (χ3n) is 1.34. The molecule has 0 amide bonds. The van der Waals surface area contributed by atoms with E-state index >= 15 is 0 Å². The minimum Gasteiger partial charge on any atom is -0.337 e. The second kappa shape index (κ2) is 1.74. The Labute approximate surface area is 52.9 Å². The van der Waals surface area contributed by atoms with Gasteiger partial charge in [-0.15, -0.1) is 0 Å². The minimum absolute atomic E-state index is 0.580. The second-order valence-electron chi connectivity index (χ2n) is 1.95. The molecule has 1 aliphatic rings. The Kier molecular flexibility index (Phi) is 0.932. The summed E-state index contributed by atoms with van der Waals surface area (Å²) in [4.78, 5) is 9.51. The average molecular weight is 122 g/mol. The van der Waals surface area contributed by atoms with Crippen LogP contribution in [0.1, 0.15) is 5.56 Å². The largest absolute Gasteiger partial charge is 0.337 e. The Balaban J connectivity index is 2.54. The van der Waals surface area contributed by atoms with Gasteiger partial charge in [-0.1, -0.05) is 18.2 Å². The predicted molar refractivity (Wildman–Crippen MR) is 31.9 cm³/mol. The van der Waals surface area contributed by atoms with Crippen molar-refractivity contribution >= 4 is 0 Å². The fraction of sp³-hybridized carbons (Fsp3) is 0.143. The highest BCUT2D eigenvalue weighted by Crippen LogP contribution is 2.24. The molecule has 2 heteroatoms. The van der Waals surface area contributed by atoms with Crippen LogP contribution in [0.5, 0.6) is 5.75 Å². The molecule has 1 aromatic carbocycles. The van der Waals surface area contributed by atoms with E-state index in [1.807, 2.05) is 24.3 Å². The van der Waals surface area contributed by atoms with Gasteiger partial charge in [0.05, 0.1) is 0 Å². The van der Waals surface area contributed by atoms with Gasteiger partial charge in [0.25, 0.3) is 0 Å². The summed E-state index contributed by atoms with van der Waals surface area (Å²) in [5.41, 5.74) is 1.12. The summed E-state index contributed by atoms with van der Waals surface area (Å²) in [6.07, 6.45) is 0. The van der Waals surface area contributed by atoms with Crippen LogP contribution in [0.3, 0.4) is 0 Å². The Morgan fingerprint density at radius 2 is 2.11 bits per heavy atom. The van der Waals surface area contributed by atoms with E-state index in [0.717, 1.165) is 11.3 Å². The lowest BCUT2D eigenvalue weighted by atomic mass is 10.2. The lowest BCUT2D eigenvalue weighted by Gasteiger charge is -1.89. The van der Waals surface area contributed by atoms with Gasteiger partial charge in [-0.3, -0.25) is 0 Å². The van der Waals surface area contributed by atoms with Crippen LogP contribution in [0.4, 0.5) is 0 Å². The molecule has 0 atom stereocenters. The monoisotopic (exact) mass is 122 g/mol. The molecule has 1 heterocycles. The molecular weight excluding hydrogens is 116 g/mol. The van der Waals surface area contributed by atoms with E-state index in [0.29, 0.717) is 6.61 Å². The summed E-state index contributed by atoms with van der Waals surface area (Å²) >= 11 is 0. The number of rotatable bonds is 0. The Bertz CT molecular complexity index is 197. The van der Waals surface area contributed by atoms with Gasteiger partial charge in [-0.25, -0.2) is 0 Å². The molecular formula is C7H6O2. The van der Waals surface area contributed by atoms with E-state index in [1.54, 1.807) is 0 Å². The van der Waals surface area contributed by atoms with Gasteiger partial charge >= 0.3 is 0 Å². The highest BCUT2D eigenvalue weighted by molar-refractivity contribution is 5.33. The summed E-state index contributed by atoms with van der Waals surface area (Å²) in [5, 5.41) is 0. The van der Waals surface area contributed by atoms with Crippen molar-refractivity contribution in [2.45, 2.75) is 6.61 Å². The number of hydrogen-bond donors (Lipinski definition) is 0. The third kappa shape index (κ3) is 0.678. The lowest BCUT2D eigenvalue weighted by Crippen LogP contribution is -1.80. The van der Waals surface area contributed by atoms with Crippen LogP contribution in [-0.2, 0) is 11.5 Å². The van der Waals surface area contributed by atoms with Gasteiger partial charge in [0.15, 0.2) is 5.75 Å². The van der Waals surface area contributed by atoms with Crippen molar-refractivity contribution in [2.24, 2.45) is 0 Å². The first kappa shape index (κ1) is 4.82. The molecule has 0 radical (unpaired) electrons. The van der Waals surface area contributed by atoms with Crippen LogP contribution in [-0.4, -0.2) is 0 Å². The van der Waals surface area contributed by atoms with Crippen molar-refractivity contribution in [2.75, 3.05) is 0 Å². The topological polar surface area (TPSA) is 18.5 Å². The number of para-hydroxylation sites is 1. The predicted octanol–water partition coefficient (Wildman–Crippen LogP) is 1.51. The summed E-state index contributed by atoms with van der Waals surface area (Å²) in [7, 11) is 0. The van der Waals surface area contributed by atoms with Crippen LogP contribution < -0.4 is 4.89 Å². The molecule has 9 heavy (non-hydrogen) atoms. The Morgan fingerprint density at radius 3 is 3.00 bits per heavy atom. The van der Waals surface area contributed by atoms with Crippen LogP contribution in [0.15, 0.2) is 24.3 Å². The van der Waals surface area contributed by atoms with E-state index in [1.165, 1.54) is 0 Å². The van der Waals surface area contributed by atoms with Crippen LogP contribution in [0.2, 0.25) is 0 Å². The first-order chi connectivity index (χ1) is 4.47. The first-order valence-corrected chi connectivity index (χ1v) is 2.84. The normalized spacial score (nSPS) is 14.7. The molecule has 0 N–H and O–H groups in total. The van der Waals surface area contributed by atoms with Crippen molar-refractivity contribution < 1.29 is 9.78 Å². The molecule has 0 unspecified atom stereocenters. The summed E-state index contributed by atoms with van der Waals surface area (Å²) < 4.78 is 0. The van der Waals surface area contributed by atoms with Gasteiger partial charge in [0.2, 0.25) is 0 Å². The standard InChI is InChI=1S/C7H6O2/c1-2-4-7-6(3-1)5-8-9-7/h1-4H,5H2. The van der Waals surface area contributed by atoms with Crippen molar-refractivity contribution in [1.29, 1.82) is 0 Å². The number of fused-ring (bicyclic) bond motifs is 1. The van der Waals surface area contributed by atoms with Crippen LogP contribution in [0, 0.1) is 0 Å². The molecule has 0 fully saturated rings. The molecule has 1 aromatic rings. The highest BCUT2D eigenvalue weighted by atomic mass is 17.2. The number of hydrogen-bond acceptors (Lipinski definition) is 2. The van der Waals surface area contributed by atoms with Crippen molar-refractivity contribution in [3.05, 3.63) is 29.8 Å². The summed E-state index contributed by atoms with van der Waals surface area (Å²) in [6, 6.07) is 7.77. The van der Waals surface area contributed by atoms with E-state index in [4.69, 9.17) is 9.78 Å². The maximum Gasteiger partial charge on any atom is 0.171 e. The maximum absolute atomic E-state index is 4.80. The Morgan fingerprint density at radius 1 is 1.22 bits per heavy atom. The fourth-order valence-electron chi connectivity index (χ4n) is 0.861. The second-order valence-corrected chi connectivity index (χ2v) is 1.95. The smallest absolute Gasteiger partial charge is 0.171 e. The zero-order valence-electron chi connectivity index (χ0n) is 4.83. The summed E-state index contributed by atoms with van der Waals surface area (Å²) in [6.45, 7) is 0.580. The van der Waals surface area contributed by atoms with Crippen molar-refractivity contribution in [1.82, 2.24) is 0 Å². The molecule has 0 aromatic heterocycles. The molecule has 0 saturated carbocycles. The molecule has 0 aliphatic carbocycles. The van der Waals surface area contributed by atoms with Gasteiger partial charge in [-0.2, -0.15) is 4.89 Å². The minimum atomic E-state index is 0.580. The SMILES string of the molecule is c1ccc2c(c1)COO2. The molecule has 0 spiro atoms. The third-order valence-corrected chi connectivity index (χ3v) is 1.34. The highest BCUT2D eigenvalue weighted by Gasteiger charge is 2.10. The van der Waals surface area contributed by atoms with E-state index in [2.05, 4.69) is 0 Å². The van der Waals surface area contributed by atoms with Gasteiger partial charge in [-0.05, 0) is 6.07 Å². The van der Waals surface area contributed by atoms with Crippen molar-refractivity contribution in [3.8, 4) is 5.75 Å². The fourth-order valence-corrected chi connectivity index (χ4v) is 0.861. The lowest BCUT2D eigenvalue weighted by molar-refractivity contribution is -0.194. The molecule has 2 nitrogen and oxygen atoms in total. The molecule has 46 valence electrons. The zero-order valence-corrected chi connectivity index (χ0v) is 4.83. The zero-order chi connectivity index (χ0) is 6.10. The maximum atomic E-state index is 4.80. The van der Waals surface area contributed by atoms with Crippen LogP contribution >= 0.6 is 0 Å². The van der Waals surface area contributed by atoms with Gasteiger partial charge in [0, 0.05) is 5.56 Å². The molecule has 0 bridgehead atoms. The van der Waals surface area contributed by atoms with E-state index in [-0.39, 0.29) is 0 Å². The Hall–Kier alpha value is -1.02. The molecule has 0 saturated heterocycles. The van der Waals surface area contributed by atoms with Crippen LogP contribution in [0.25, 0.3) is 0 Å². The molecule has 1 aliphatic heterocycles. The van der Waals surface area contributed by atoms with Gasteiger partial charge < -0.3 is 4.89 Å². The van der Waals surface area contributed by atoms with Crippen molar-refractivity contribution in [3.63, 3.8) is 0 Å². The van der Waals surface area contributed by atoms with Gasteiger partial charge in [0.1, 0.15) is 6.61 Å². The quantitative estimate of drug-likeness (QED) is 0.485. The molecule has 2 rings (SSSR count). The number of benzene rings is 1. The average Bonchev–Trinajstić information content (AvgIpc) is 2.33. The van der Waals surface area contributed by atoms with E-state index in [9.17, 15) is 0 Å². The summed E-state index contributed by atoms with van der Waals surface area (Å²) in [5.74, 6) is 0.845. The first-order valence-electron chi connectivity index (χ1n) is 2.84.